The van der Waals surface area contributed by atoms with Gasteiger partial charge in [0.25, 0.3) is 10.0 Å². The van der Waals surface area contributed by atoms with Gasteiger partial charge < -0.3 is 19.7 Å². The van der Waals surface area contributed by atoms with Crippen molar-refractivity contribution in [3.05, 3.63) is 12.4 Å². The lowest BCUT2D eigenvalue weighted by molar-refractivity contribution is -0.174. The highest BCUT2D eigenvalue weighted by Crippen LogP contribution is 2.68. The number of carbonyl (C=O) groups excluding carboxylic acids is 1. The molecule has 42 heavy (non-hydrogen) atoms. The molecule has 5 aliphatic rings. The summed E-state index contributed by atoms with van der Waals surface area (Å²) in [6.45, 7) is 8.90. The summed E-state index contributed by atoms with van der Waals surface area (Å²) in [4.78, 5) is 20.3. The van der Waals surface area contributed by atoms with Crippen molar-refractivity contribution in [2.75, 3.05) is 6.61 Å². The van der Waals surface area contributed by atoms with Crippen molar-refractivity contribution in [2.45, 2.75) is 115 Å². The van der Waals surface area contributed by atoms with Crippen LogP contribution in [0.25, 0.3) is 0 Å². The van der Waals surface area contributed by atoms with Gasteiger partial charge in [-0.15, -0.1) is 0 Å². The van der Waals surface area contributed by atoms with E-state index in [4.69, 9.17) is 9.47 Å². The Balaban J connectivity index is 1.06. The molecule has 6 rings (SSSR count). The molecule has 0 radical (unpaired) electrons. The average Bonchev–Trinajstić information content (AvgIpc) is 3.54. The van der Waals surface area contributed by atoms with Gasteiger partial charge in [0.2, 0.25) is 0 Å². The predicted molar refractivity (Wildman–Crippen MR) is 154 cm³/mol. The van der Waals surface area contributed by atoms with E-state index in [2.05, 4.69) is 30.7 Å². The molecule has 5 aliphatic carbocycles. The molecule has 1 heterocycles. The summed E-state index contributed by atoms with van der Waals surface area (Å²) in [7, 11) is -4.19. The molecule has 0 aliphatic heterocycles. The van der Waals surface area contributed by atoms with Crippen molar-refractivity contribution in [3.63, 3.8) is 0 Å². The summed E-state index contributed by atoms with van der Waals surface area (Å²) in [5.74, 6) is 1.88. The van der Waals surface area contributed by atoms with Gasteiger partial charge in [-0.2, -0.15) is 0 Å². The Kier molecular flexibility index (Phi) is 7.57. The lowest BCUT2D eigenvalue weighted by Gasteiger charge is -2.62. The zero-order valence-corrected chi connectivity index (χ0v) is 26.1. The van der Waals surface area contributed by atoms with Crippen molar-refractivity contribution < 1.29 is 32.9 Å². The zero-order valence-electron chi connectivity index (χ0n) is 25.3. The van der Waals surface area contributed by atoms with E-state index >= 15 is 0 Å². The van der Waals surface area contributed by atoms with Crippen molar-refractivity contribution in [2.24, 2.45) is 46.3 Å². The quantitative estimate of drug-likeness (QED) is 0.410. The minimum atomic E-state index is -4.19. The molecule has 0 spiro atoms. The normalized spacial score (nSPS) is 41.0. The van der Waals surface area contributed by atoms with Crippen molar-refractivity contribution in [3.8, 4) is 6.01 Å². The van der Waals surface area contributed by atoms with Gasteiger partial charge in [0.05, 0.1) is 31.2 Å². The van der Waals surface area contributed by atoms with Crippen LogP contribution in [0.3, 0.4) is 0 Å². The number of nitrogens with zero attached hydrogens (tertiary/aromatic N) is 2. The zero-order chi connectivity index (χ0) is 30.1. The fourth-order valence-corrected chi connectivity index (χ4v) is 10.5. The fourth-order valence-electron chi connectivity index (χ4n) is 9.69. The van der Waals surface area contributed by atoms with Crippen LogP contribution < -0.4 is 9.46 Å². The number of hydrogen-bond acceptors (Lipinski definition) is 9. The van der Waals surface area contributed by atoms with Crippen LogP contribution in [-0.2, 0) is 14.8 Å². The number of aliphatic hydroxyl groups is 2. The molecule has 3 N–H and O–H groups in total. The number of rotatable bonds is 7. The summed E-state index contributed by atoms with van der Waals surface area (Å²) < 4.78 is 38.5. The summed E-state index contributed by atoms with van der Waals surface area (Å²) in [5.41, 5.74) is -0.0790. The number of amides is 1. The molecular weight excluding hydrogens is 558 g/mol. The molecule has 0 aromatic carbocycles. The van der Waals surface area contributed by atoms with E-state index in [1.807, 2.05) is 11.6 Å². The van der Waals surface area contributed by atoms with Crippen LogP contribution in [0, 0.1) is 46.3 Å². The molecule has 0 unspecified atom stereocenters. The maximum Gasteiger partial charge on any atom is 0.421 e. The third kappa shape index (κ3) is 5.31. The Bertz CT molecular complexity index is 1290. The molecule has 234 valence electrons. The van der Waals surface area contributed by atoms with Gasteiger partial charge in [0, 0.05) is 0 Å². The molecule has 5 fully saturated rings. The number of aromatic nitrogens is 2. The van der Waals surface area contributed by atoms with Gasteiger partial charge in [-0.25, -0.2) is 27.9 Å². The number of sulfonamides is 1. The number of aliphatic hydroxyl groups excluding tert-OH is 2. The van der Waals surface area contributed by atoms with E-state index in [-0.39, 0.29) is 58.0 Å². The van der Waals surface area contributed by atoms with Crippen LogP contribution in [0.4, 0.5) is 4.79 Å². The standard InChI is InChI=1S/C31H47N3O7S/c1-18(17-40-28(37)34-42(38,39)21-15-32-27(33-16-21)41-29(2)11-12-29)22-5-6-23-26-24(8-10-31(22,23)4)30(3)9-7-20(35)13-19(30)14-25(26)36/h15-16,18-20,22-26,35-36H,5-14,17H2,1-4H3,(H,34,37)/t18-,19+,20-,22-,23+,24+,25-,26+,30+,31-/m1/s1. The van der Waals surface area contributed by atoms with Crippen LogP contribution in [0.15, 0.2) is 17.3 Å². The van der Waals surface area contributed by atoms with Crippen molar-refractivity contribution in [1.82, 2.24) is 14.7 Å². The highest BCUT2D eigenvalue weighted by molar-refractivity contribution is 7.90. The first-order valence-electron chi connectivity index (χ1n) is 15.8. The minimum Gasteiger partial charge on any atom is -0.457 e. The number of ether oxygens (including phenoxy) is 2. The largest absolute Gasteiger partial charge is 0.457 e. The summed E-state index contributed by atoms with van der Waals surface area (Å²) in [5, 5.41) is 21.8. The van der Waals surface area contributed by atoms with Gasteiger partial charge in [-0.3, -0.25) is 0 Å². The molecule has 11 heteroatoms. The van der Waals surface area contributed by atoms with Crippen molar-refractivity contribution in [1.29, 1.82) is 0 Å². The highest BCUT2D eigenvalue weighted by atomic mass is 32.2. The number of hydrogen-bond donors (Lipinski definition) is 3. The highest BCUT2D eigenvalue weighted by Gasteiger charge is 2.63. The number of nitrogens with one attached hydrogen (secondary N) is 1. The Morgan fingerprint density at radius 3 is 2.36 bits per heavy atom. The Hall–Kier alpha value is -1.98. The van der Waals surface area contributed by atoms with E-state index in [0.29, 0.717) is 23.7 Å². The first-order chi connectivity index (χ1) is 19.7. The summed E-state index contributed by atoms with van der Waals surface area (Å²) in [6.07, 6.45) is 10.1. The second-order valence-electron chi connectivity index (χ2n) is 14.9. The van der Waals surface area contributed by atoms with E-state index < -0.39 is 16.1 Å². The molecular formula is C31H47N3O7S. The molecule has 0 bridgehead atoms. The third-order valence-corrected chi connectivity index (χ3v) is 13.6. The first-order valence-corrected chi connectivity index (χ1v) is 17.3. The maximum atomic E-state index is 12.7. The van der Waals surface area contributed by atoms with Crippen LogP contribution >= 0.6 is 0 Å². The van der Waals surface area contributed by atoms with Crippen LogP contribution in [-0.4, -0.2) is 59.1 Å². The second kappa shape index (κ2) is 10.6. The van der Waals surface area contributed by atoms with Gasteiger partial charge in [-0.1, -0.05) is 20.8 Å². The Morgan fingerprint density at radius 2 is 1.67 bits per heavy atom. The smallest absolute Gasteiger partial charge is 0.421 e. The first kappa shape index (κ1) is 30.1. The molecule has 10 atom stereocenters. The summed E-state index contributed by atoms with van der Waals surface area (Å²) in [6, 6.07) is 0.106. The van der Waals surface area contributed by atoms with E-state index in [0.717, 1.165) is 76.6 Å². The van der Waals surface area contributed by atoms with Gasteiger partial charge in [-0.05, 0) is 117 Å². The molecule has 1 aromatic heterocycles. The lowest BCUT2D eigenvalue weighted by Crippen LogP contribution is -2.58. The molecule has 0 saturated heterocycles. The SMILES string of the molecule is C[C@H](COC(=O)NS(=O)(=O)c1cnc(OC2(C)CC2)nc1)[C@H]1CC[C@H]2[C@@H]3[C@H](O)C[C@@H]4C[C@H](O)CC[C@]4(C)[C@H]3CC[C@]12C. The molecule has 1 aromatic rings. The molecule has 10 nitrogen and oxygen atoms in total. The third-order valence-electron chi connectivity index (χ3n) is 12.3. The molecule has 5 saturated carbocycles. The lowest BCUT2D eigenvalue weighted by atomic mass is 9.43. The topological polar surface area (TPSA) is 148 Å². The van der Waals surface area contributed by atoms with Crippen LogP contribution in [0.5, 0.6) is 6.01 Å². The number of fused-ring (bicyclic) bond motifs is 5. The Labute approximate surface area is 249 Å². The van der Waals surface area contributed by atoms with E-state index in [1.165, 1.54) is 0 Å². The maximum absolute atomic E-state index is 12.7. The summed E-state index contributed by atoms with van der Waals surface area (Å²) >= 11 is 0. The monoisotopic (exact) mass is 605 g/mol. The minimum absolute atomic E-state index is 0.0313. The van der Waals surface area contributed by atoms with E-state index in [1.54, 1.807) is 0 Å². The average molecular weight is 606 g/mol. The van der Waals surface area contributed by atoms with Crippen LogP contribution in [0.1, 0.15) is 91.9 Å². The van der Waals surface area contributed by atoms with Gasteiger partial charge >= 0.3 is 12.1 Å². The number of carbonyl (C=O) groups is 1. The Morgan fingerprint density at radius 1 is 1.00 bits per heavy atom. The van der Waals surface area contributed by atoms with Gasteiger partial charge in [0.1, 0.15) is 10.5 Å². The predicted octanol–water partition coefficient (Wildman–Crippen LogP) is 4.45. The van der Waals surface area contributed by atoms with Crippen LogP contribution in [0.2, 0.25) is 0 Å². The van der Waals surface area contributed by atoms with Crippen molar-refractivity contribution >= 4 is 16.1 Å². The second-order valence-corrected chi connectivity index (χ2v) is 16.6. The van der Waals surface area contributed by atoms with E-state index in [9.17, 15) is 23.4 Å². The van der Waals surface area contributed by atoms with Gasteiger partial charge in [0.15, 0.2) is 0 Å². The fraction of sp³-hybridized carbons (Fsp3) is 0.839. The molecule has 1 amide bonds.